The molecule has 4 saturated carbocycles. The summed E-state index contributed by atoms with van der Waals surface area (Å²) in [6.07, 6.45) is 18.6. The van der Waals surface area contributed by atoms with Crippen molar-refractivity contribution in [1.29, 1.82) is 0 Å². The molecule has 180 valence electrons. The molecule has 0 heterocycles. The van der Waals surface area contributed by atoms with Crippen LogP contribution in [0.3, 0.4) is 0 Å². The highest BCUT2D eigenvalue weighted by Crippen LogP contribution is 2.60. The molecule has 0 amide bonds. The Hall–Kier alpha value is -0.900. The van der Waals surface area contributed by atoms with Crippen LogP contribution in [0.4, 0.5) is 0 Å². The fourth-order valence-corrected chi connectivity index (χ4v) is 7.92. The van der Waals surface area contributed by atoms with Crippen LogP contribution in [-0.4, -0.2) is 33.1 Å². The van der Waals surface area contributed by atoms with Crippen LogP contribution < -0.4 is 0 Å². The second-order valence-corrected chi connectivity index (χ2v) is 12.0. The van der Waals surface area contributed by atoms with Gasteiger partial charge in [-0.3, -0.25) is 0 Å². The van der Waals surface area contributed by atoms with E-state index in [4.69, 9.17) is 0 Å². The molecule has 4 aliphatic carbocycles. The summed E-state index contributed by atoms with van der Waals surface area (Å²) < 4.78 is 0. The second-order valence-electron chi connectivity index (χ2n) is 12.0. The lowest BCUT2D eigenvalue weighted by molar-refractivity contribution is 0.0318. The molecule has 0 aromatic carbocycles. The fraction of sp³-hybridized carbons (Fsp3) is 0.793. The van der Waals surface area contributed by atoms with E-state index in [0.29, 0.717) is 24.2 Å². The van der Waals surface area contributed by atoms with E-state index in [1.165, 1.54) is 51.4 Å². The van der Waals surface area contributed by atoms with Crippen molar-refractivity contribution >= 4 is 0 Å². The molecule has 3 nitrogen and oxygen atoms in total. The number of fused-ring (bicyclic) bond motifs is 1. The van der Waals surface area contributed by atoms with Gasteiger partial charge in [-0.2, -0.15) is 0 Å². The molecule has 3 heteroatoms. The number of hydrogen-bond donors (Lipinski definition) is 3. The third kappa shape index (κ3) is 4.95. The van der Waals surface area contributed by atoms with Gasteiger partial charge in [-0.1, -0.05) is 63.8 Å². The summed E-state index contributed by atoms with van der Waals surface area (Å²) in [5.74, 6) is 2.15. The molecular weight excluding hydrogens is 396 g/mol. The zero-order valence-electron chi connectivity index (χ0n) is 20.5. The zero-order chi connectivity index (χ0) is 22.9. The van der Waals surface area contributed by atoms with Crippen molar-refractivity contribution in [2.24, 2.45) is 23.2 Å². The van der Waals surface area contributed by atoms with Gasteiger partial charge in [0.1, 0.15) is 0 Å². The van der Waals surface area contributed by atoms with Crippen LogP contribution in [0.25, 0.3) is 0 Å². The third-order valence-corrected chi connectivity index (χ3v) is 9.82. The average molecular weight is 443 g/mol. The predicted octanol–water partition coefficient (Wildman–Crippen LogP) is 6.24. The molecule has 4 fully saturated rings. The van der Waals surface area contributed by atoms with Crippen LogP contribution in [0.2, 0.25) is 0 Å². The molecule has 0 spiro atoms. The summed E-state index contributed by atoms with van der Waals surface area (Å²) in [5, 5.41) is 30.9. The molecule has 4 aliphatic rings. The minimum absolute atomic E-state index is 0.361. The molecule has 6 atom stereocenters. The Kier molecular flexibility index (Phi) is 7.39. The van der Waals surface area contributed by atoms with Crippen LogP contribution in [0.15, 0.2) is 35.5 Å². The number of allylic oxidation sites excluding steroid dienone is 3. The first-order chi connectivity index (χ1) is 15.2. The Labute approximate surface area is 195 Å². The zero-order valence-corrected chi connectivity index (χ0v) is 20.5. The first kappa shape index (κ1) is 24.2. The lowest BCUT2D eigenvalue weighted by Gasteiger charge is -2.44. The van der Waals surface area contributed by atoms with Crippen LogP contribution in [0.1, 0.15) is 104 Å². The molecular formula is C29H46O3. The smallest absolute Gasteiger partial charge is 0.0811 e. The molecule has 3 N–H and O–H groups in total. The highest BCUT2D eigenvalue weighted by molar-refractivity contribution is 5.38. The Balaban J connectivity index is 1.40. The third-order valence-electron chi connectivity index (χ3n) is 9.82. The van der Waals surface area contributed by atoms with Crippen LogP contribution in [0, 0.1) is 23.2 Å². The van der Waals surface area contributed by atoms with Gasteiger partial charge in [0, 0.05) is 6.42 Å². The van der Waals surface area contributed by atoms with Crippen LogP contribution in [0.5, 0.6) is 0 Å². The normalized spacial score (nSPS) is 40.7. The average Bonchev–Trinajstić information content (AvgIpc) is 3.33. The van der Waals surface area contributed by atoms with E-state index < -0.39 is 12.2 Å². The van der Waals surface area contributed by atoms with Gasteiger partial charge < -0.3 is 15.3 Å². The SMILES string of the molecule is C=C1/C(=C\C=C2/CCC[C@@]3(C)C2CCC3[C@H](C)CCCC2(O)CCCC2)C[C@@H](O)CC1O. The molecule has 32 heavy (non-hydrogen) atoms. The molecule has 0 aliphatic heterocycles. The lowest BCUT2D eigenvalue weighted by Crippen LogP contribution is -2.36. The van der Waals surface area contributed by atoms with Gasteiger partial charge >= 0.3 is 0 Å². The quantitative estimate of drug-likeness (QED) is 0.456. The summed E-state index contributed by atoms with van der Waals surface area (Å²) in [6, 6.07) is 0. The molecule has 0 bridgehead atoms. The largest absolute Gasteiger partial charge is 0.393 e. The maximum Gasteiger partial charge on any atom is 0.0811 e. The molecule has 3 unspecified atom stereocenters. The Morgan fingerprint density at radius 2 is 1.84 bits per heavy atom. The number of rotatable bonds is 6. The molecule has 0 aromatic heterocycles. The molecule has 4 rings (SSSR count). The number of aliphatic hydroxyl groups excluding tert-OH is 2. The first-order valence-electron chi connectivity index (χ1n) is 13.4. The maximum atomic E-state index is 10.7. The Morgan fingerprint density at radius 1 is 1.09 bits per heavy atom. The van der Waals surface area contributed by atoms with E-state index in [-0.39, 0.29) is 5.60 Å². The highest BCUT2D eigenvalue weighted by Gasteiger charge is 2.50. The summed E-state index contributed by atoms with van der Waals surface area (Å²) in [4.78, 5) is 0. The minimum Gasteiger partial charge on any atom is -0.393 e. The number of hydrogen-bond acceptors (Lipinski definition) is 3. The van der Waals surface area contributed by atoms with E-state index >= 15 is 0 Å². The van der Waals surface area contributed by atoms with Crippen molar-refractivity contribution in [3.8, 4) is 0 Å². The highest BCUT2D eigenvalue weighted by atomic mass is 16.3. The van der Waals surface area contributed by atoms with Crippen molar-refractivity contribution in [3.63, 3.8) is 0 Å². The van der Waals surface area contributed by atoms with Crippen molar-refractivity contribution in [2.75, 3.05) is 0 Å². The second kappa shape index (κ2) is 9.76. The number of aliphatic hydroxyl groups is 3. The van der Waals surface area contributed by atoms with Gasteiger partial charge in [0.05, 0.1) is 17.8 Å². The first-order valence-corrected chi connectivity index (χ1v) is 13.4. The van der Waals surface area contributed by atoms with E-state index in [1.54, 1.807) is 5.57 Å². The molecule has 0 aromatic rings. The standard InChI is InChI=1S/C29H46O3/c1-20(8-6-17-29(32)15-4-5-16-29)25-12-13-26-22(9-7-14-28(25,26)3)10-11-23-18-24(30)19-27(31)21(23)2/h10-11,20,24-27,30-32H,2,4-9,12-19H2,1,3H3/b22-10+,23-11-/t20-,24-,25?,26?,27?,28-/m1/s1. The monoisotopic (exact) mass is 442 g/mol. The van der Waals surface area contributed by atoms with Crippen molar-refractivity contribution < 1.29 is 15.3 Å². The summed E-state index contributed by atoms with van der Waals surface area (Å²) in [6.45, 7) is 9.08. The van der Waals surface area contributed by atoms with Gasteiger partial charge in [-0.05, 0) is 92.1 Å². The molecule has 0 saturated heterocycles. The van der Waals surface area contributed by atoms with Crippen LogP contribution >= 0.6 is 0 Å². The Bertz CT molecular complexity index is 744. The van der Waals surface area contributed by atoms with Gasteiger partial charge in [0.2, 0.25) is 0 Å². The predicted molar refractivity (Wildman–Crippen MR) is 131 cm³/mol. The van der Waals surface area contributed by atoms with E-state index in [9.17, 15) is 15.3 Å². The Morgan fingerprint density at radius 3 is 2.59 bits per heavy atom. The van der Waals surface area contributed by atoms with E-state index in [1.807, 2.05) is 0 Å². The lowest BCUT2D eigenvalue weighted by atomic mass is 9.60. The van der Waals surface area contributed by atoms with Crippen molar-refractivity contribution in [3.05, 3.63) is 35.5 Å². The van der Waals surface area contributed by atoms with Gasteiger partial charge in [-0.25, -0.2) is 0 Å². The van der Waals surface area contributed by atoms with E-state index in [2.05, 4.69) is 32.6 Å². The summed E-state index contributed by atoms with van der Waals surface area (Å²) in [5.41, 5.74) is 3.40. The minimum atomic E-state index is -0.612. The fourth-order valence-electron chi connectivity index (χ4n) is 7.92. The topological polar surface area (TPSA) is 60.7 Å². The summed E-state index contributed by atoms with van der Waals surface area (Å²) in [7, 11) is 0. The van der Waals surface area contributed by atoms with Crippen molar-refractivity contribution in [2.45, 2.75) is 122 Å². The maximum absolute atomic E-state index is 10.7. The van der Waals surface area contributed by atoms with Gasteiger partial charge in [-0.15, -0.1) is 0 Å². The van der Waals surface area contributed by atoms with Crippen molar-refractivity contribution in [1.82, 2.24) is 0 Å². The van der Waals surface area contributed by atoms with Gasteiger partial charge in [0.15, 0.2) is 0 Å². The van der Waals surface area contributed by atoms with Crippen LogP contribution in [-0.2, 0) is 0 Å². The van der Waals surface area contributed by atoms with Gasteiger partial charge in [0.25, 0.3) is 0 Å². The molecule has 0 radical (unpaired) electrons. The van der Waals surface area contributed by atoms with E-state index in [0.717, 1.165) is 48.7 Å². The summed E-state index contributed by atoms with van der Waals surface area (Å²) >= 11 is 0.